The van der Waals surface area contributed by atoms with Gasteiger partial charge in [0.25, 0.3) is 5.91 Å². The third kappa shape index (κ3) is 5.27. The zero-order valence-electron chi connectivity index (χ0n) is 15.2. The molecule has 0 aliphatic rings. The van der Waals surface area contributed by atoms with Gasteiger partial charge in [-0.1, -0.05) is 61.2 Å². The molecule has 0 saturated heterocycles. The number of carbonyl (C=O) groups excluding carboxylic acids is 1. The van der Waals surface area contributed by atoms with Crippen LogP contribution >= 0.6 is 11.8 Å². The van der Waals surface area contributed by atoms with Crippen molar-refractivity contribution in [2.24, 2.45) is 12.1 Å². The normalized spacial score (nSPS) is 12.2. The number of hydrogen-bond donors (Lipinski definition) is 1. The Kier molecular flexibility index (Phi) is 6.38. The van der Waals surface area contributed by atoms with Gasteiger partial charge in [-0.3, -0.25) is 4.79 Å². The molecule has 1 heterocycles. The highest BCUT2D eigenvalue weighted by molar-refractivity contribution is 7.98. The van der Waals surface area contributed by atoms with Gasteiger partial charge in [0.15, 0.2) is 5.16 Å². The summed E-state index contributed by atoms with van der Waals surface area (Å²) in [4.78, 5) is 12.2. The fourth-order valence-electron chi connectivity index (χ4n) is 2.42. The van der Waals surface area contributed by atoms with Gasteiger partial charge in [-0.15, -0.1) is 10.2 Å². The van der Waals surface area contributed by atoms with E-state index < -0.39 is 0 Å². The summed E-state index contributed by atoms with van der Waals surface area (Å²) in [5.74, 6) is 0.673. The highest BCUT2D eigenvalue weighted by Crippen LogP contribution is 2.20. The maximum atomic E-state index is 12.2. The van der Waals surface area contributed by atoms with Crippen LogP contribution in [-0.4, -0.2) is 26.9 Å². The third-order valence-corrected chi connectivity index (χ3v) is 5.15. The van der Waals surface area contributed by atoms with E-state index in [1.54, 1.807) is 36.4 Å². The number of aryl methyl sites for hydroxylation is 1. The molecule has 3 aromatic rings. The lowest BCUT2D eigenvalue weighted by atomic mass is 10.0. The van der Waals surface area contributed by atoms with Crippen molar-refractivity contribution in [2.45, 2.75) is 23.8 Å². The molecule has 6 nitrogen and oxygen atoms in total. The van der Waals surface area contributed by atoms with Crippen LogP contribution in [0, 0.1) is 0 Å². The quantitative estimate of drug-likeness (QED) is 0.387. The number of hydrogen-bond acceptors (Lipinski definition) is 5. The minimum Gasteiger partial charge on any atom is -0.312 e. The van der Waals surface area contributed by atoms with E-state index >= 15 is 0 Å². The SMILES string of the molecule is C[C@H](/C=N\NC(=O)c1ccc(CSc2nncn2C)cc1)c1ccccc1. The monoisotopic (exact) mass is 379 g/mol. The smallest absolute Gasteiger partial charge is 0.271 e. The number of nitrogens with one attached hydrogen (secondary N) is 1. The number of amides is 1. The Bertz CT molecular complexity index is 906. The summed E-state index contributed by atoms with van der Waals surface area (Å²) in [6.07, 6.45) is 3.41. The van der Waals surface area contributed by atoms with Crippen molar-refractivity contribution in [2.75, 3.05) is 0 Å². The van der Waals surface area contributed by atoms with Crippen LogP contribution in [0.15, 0.2) is 71.2 Å². The Hall–Kier alpha value is -2.93. The molecule has 138 valence electrons. The van der Waals surface area contributed by atoms with E-state index in [4.69, 9.17) is 0 Å². The summed E-state index contributed by atoms with van der Waals surface area (Å²) in [6.45, 7) is 2.04. The number of benzene rings is 2. The molecule has 7 heteroatoms. The van der Waals surface area contributed by atoms with E-state index in [1.165, 1.54) is 0 Å². The molecule has 3 rings (SSSR count). The fraction of sp³-hybridized carbons (Fsp3) is 0.200. The highest BCUT2D eigenvalue weighted by atomic mass is 32.2. The first-order chi connectivity index (χ1) is 13.1. The number of nitrogens with zero attached hydrogens (tertiary/aromatic N) is 4. The van der Waals surface area contributed by atoms with Crippen molar-refractivity contribution in [3.05, 3.63) is 77.6 Å². The van der Waals surface area contributed by atoms with Crippen LogP contribution in [-0.2, 0) is 12.8 Å². The number of thioether (sulfide) groups is 1. The first kappa shape index (κ1) is 18.8. The van der Waals surface area contributed by atoms with Crippen LogP contribution in [0.1, 0.15) is 34.3 Å². The van der Waals surface area contributed by atoms with Gasteiger partial charge in [0.1, 0.15) is 6.33 Å². The molecule has 1 N–H and O–H groups in total. The lowest BCUT2D eigenvalue weighted by molar-refractivity contribution is 0.0955. The van der Waals surface area contributed by atoms with Crippen molar-refractivity contribution < 1.29 is 4.79 Å². The molecule has 2 aromatic carbocycles. The maximum absolute atomic E-state index is 12.2. The lowest BCUT2D eigenvalue weighted by Crippen LogP contribution is -2.18. The van der Waals surface area contributed by atoms with E-state index in [9.17, 15) is 4.79 Å². The summed E-state index contributed by atoms with van der Waals surface area (Å²) in [7, 11) is 1.91. The van der Waals surface area contributed by atoms with Gasteiger partial charge in [0, 0.05) is 30.5 Å². The van der Waals surface area contributed by atoms with E-state index in [-0.39, 0.29) is 11.8 Å². The van der Waals surface area contributed by atoms with Gasteiger partial charge in [-0.2, -0.15) is 5.10 Å². The molecular weight excluding hydrogens is 358 g/mol. The minimum absolute atomic E-state index is 0.131. The Balaban J connectivity index is 1.51. The second-order valence-corrected chi connectivity index (χ2v) is 7.07. The molecule has 0 unspecified atom stereocenters. The minimum atomic E-state index is -0.223. The Labute approximate surface area is 162 Å². The summed E-state index contributed by atoms with van der Waals surface area (Å²) < 4.78 is 1.88. The third-order valence-electron chi connectivity index (χ3n) is 4.04. The average Bonchev–Trinajstić information content (AvgIpc) is 3.12. The highest BCUT2D eigenvalue weighted by Gasteiger charge is 2.06. The number of carbonyl (C=O) groups is 1. The average molecular weight is 379 g/mol. The molecule has 27 heavy (non-hydrogen) atoms. The van der Waals surface area contributed by atoms with Crippen LogP contribution in [0.2, 0.25) is 0 Å². The summed E-state index contributed by atoms with van der Waals surface area (Å²) in [6, 6.07) is 17.5. The number of rotatable bonds is 7. The van der Waals surface area contributed by atoms with Gasteiger partial charge in [-0.05, 0) is 23.3 Å². The Morgan fingerprint density at radius 3 is 2.63 bits per heavy atom. The summed E-state index contributed by atoms with van der Waals surface area (Å²) >= 11 is 1.60. The second-order valence-electron chi connectivity index (χ2n) is 6.13. The molecule has 1 aromatic heterocycles. The van der Waals surface area contributed by atoms with E-state index in [1.807, 2.05) is 61.0 Å². The molecule has 0 aliphatic heterocycles. The number of aromatic nitrogens is 3. The number of hydrazone groups is 1. The molecule has 1 atom stereocenters. The van der Waals surface area contributed by atoms with E-state index in [2.05, 4.69) is 20.7 Å². The first-order valence-corrected chi connectivity index (χ1v) is 9.56. The molecule has 0 spiro atoms. The molecular formula is C20H21N5OS. The first-order valence-electron chi connectivity index (χ1n) is 8.57. The predicted molar refractivity (Wildman–Crippen MR) is 108 cm³/mol. The topological polar surface area (TPSA) is 72.2 Å². The van der Waals surface area contributed by atoms with Crippen molar-refractivity contribution >= 4 is 23.9 Å². The summed E-state index contributed by atoms with van der Waals surface area (Å²) in [5, 5.41) is 12.8. The van der Waals surface area contributed by atoms with Crippen molar-refractivity contribution in [3.63, 3.8) is 0 Å². The van der Waals surface area contributed by atoms with Gasteiger partial charge in [-0.25, -0.2) is 5.43 Å². The van der Waals surface area contributed by atoms with Gasteiger partial charge in [0.05, 0.1) is 0 Å². The maximum Gasteiger partial charge on any atom is 0.271 e. The van der Waals surface area contributed by atoms with Crippen LogP contribution in [0.5, 0.6) is 0 Å². The molecule has 0 radical (unpaired) electrons. The molecule has 0 saturated carbocycles. The Morgan fingerprint density at radius 2 is 1.96 bits per heavy atom. The zero-order chi connectivity index (χ0) is 19.1. The van der Waals surface area contributed by atoms with Crippen molar-refractivity contribution in [3.8, 4) is 0 Å². The van der Waals surface area contributed by atoms with Crippen LogP contribution < -0.4 is 5.43 Å². The van der Waals surface area contributed by atoms with Crippen molar-refractivity contribution in [1.29, 1.82) is 0 Å². The lowest BCUT2D eigenvalue weighted by Gasteiger charge is -2.06. The second kappa shape index (κ2) is 9.14. The molecule has 0 aliphatic carbocycles. The van der Waals surface area contributed by atoms with Crippen LogP contribution in [0.25, 0.3) is 0 Å². The van der Waals surface area contributed by atoms with Crippen molar-refractivity contribution in [1.82, 2.24) is 20.2 Å². The molecule has 0 bridgehead atoms. The van der Waals surface area contributed by atoms with Crippen LogP contribution in [0.3, 0.4) is 0 Å². The largest absolute Gasteiger partial charge is 0.312 e. The zero-order valence-corrected chi connectivity index (χ0v) is 16.1. The van der Waals surface area contributed by atoms with Gasteiger partial charge < -0.3 is 4.57 Å². The molecule has 0 fully saturated rings. The van der Waals surface area contributed by atoms with E-state index in [0.29, 0.717) is 5.56 Å². The predicted octanol–water partition coefficient (Wildman–Crippen LogP) is 3.63. The molecule has 1 amide bonds. The van der Waals surface area contributed by atoms with Crippen LogP contribution in [0.4, 0.5) is 0 Å². The van der Waals surface area contributed by atoms with E-state index in [0.717, 1.165) is 22.0 Å². The van der Waals surface area contributed by atoms with Gasteiger partial charge >= 0.3 is 0 Å². The summed E-state index contributed by atoms with van der Waals surface area (Å²) in [5.41, 5.74) is 5.43. The Morgan fingerprint density at radius 1 is 1.22 bits per heavy atom. The standard InChI is InChI=1S/C20H21N5OS/c1-15(17-6-4-3-5-7-17)12-21-23-19(26)18-10-8-16(9-11-18)13-27-20-24-22-14-25(20)2/h3-12,14-15H,13H2,1-2H3,(H,23,26)/b21-12-/t15-/m1/s1. The van der Waals surface area contributed by atoms with Gasteiger partial charge in [0.2, 0.25) is 0 Å². The fourth-order valence-corrected chi connectivity index (χ4v) is 3.26.